The number of rotatable bonds is 6. The van der Waals surface area contributed by atoms with E-state index in [4.69, 9.17) is 0 Å². The van der Waals surface area contributed by atoms with Crippen molar-refractivity contribution < 1.29 is 32.3 Å². The summed E-state index contributed by atoms with van der Waals surface area (Å²) in [5.41, 5.74) is -1.42. The SMILES string of the molecule is CC1(C)CCN(C(=O)[C@@H](NC(=O)C(F)(F)F)C(C)(C)C)[C@H](C(=O)N[C@H](C#N)C[C@@H]2CCNC2=O)C1. The molecule has 2 heterocycles. The van der Waals surface area contributed by atoms with Gasteiger partial charge >= 0.3 is 12.1 Å². The van der Waals surface area contributed by atoms with Gasteiger partial charge in [-0.1, -0.05) is 34.6 Å². The van der Waals surface area contributed by atoms with Crippen LogP contribution in [0.4, 0.5) is 13.2 Å². The molecule has 0 aromatic rings. The van der Waals surface area contributed by atoms with Crippen molar-refractivity contribution in [2.75, 3.05) is 13.1 Å². The number of hydrogen-bond donors (Lipinski definition) is 3. The maximum atomic E-state index is 13.5. The van der Waals surface area contributed by atoms with Gasteiger partial charge < -0.3 is 20.9 Å². The standard InChI is InChI=1S/C23H34F3N5O4/c1-21(2,3)16(30-20(35)23(24,25)26)19(34)31-9-7-22(4,5)11-15(31)18(33)29-14(12-27)10-13-6-8-28-17(13)32/h13-16H,6-11H2,1-5H3,(H,28,32)(H,29,33)(H,30,35)/t13-,14-,15-,16+/m0/s1. The molecule has 12 heteroatoms. The minimum atomic E-state index is -5.17. The molecule has 9 nitrogen and oxygen atoms in total. The Labute approximate surface area is 203 Å². The van der Waals surface area contributed by atoms with Crippen LogP contribution in [0.15, 0.2) is 0 Å². The van der Waals surface area contributed by atoms with E-state index in [0.717, 1.165) is 0 Å². The van der Waals surface area contributed by atoms with Crippen LogP contribution < -0.4 is 16.0 Å². The minimum Gasteiger partial charge on any atom is -0.356 e. The van der Waals surface area contributed by atoms with Gasteiger partial charge in [-0.25, -0.2) is 0 Å². The molecule has 0 radical (unpaired) electrons. The number of carbonyl (C=O) groups is 4. The maximum absolute atomic E-state index is 13.5. The lowest BCUT2D eigenvalue weighted by atomic mass is 9.77. The first-order valence-electron chi connectivity index (χ1n) is 11.6. The number of piperidine rings is 1. The van der Waals surface area contributed by atoms with Crippen molar-refractivity contribution in [3.8, 4) is 6.07 Å². The maximum Gasteiger partial charge on any atom is 0.471 e. The first kappa shape index (κ1) is 28.4. The third kappa shape index (κ3) is 7.32. The van der Waals surface area contributed by atoms with Gasteiger partial charge in [-0.05, 0) is 36.5 Å². The van der Waals surface area contributed by atoms with Crippen molar-refractivity contribution in [2.24, 2.45) is 16.7 Å². The van der Waals surface area contributed by atoms with E-state index < -0.39 is 53.4 Å². The zero-order chi connectivity index (χ0) is 26.8. The Hall–Kier alpha value is -2.84. The van der Waals surface area contributed by atoms with E-state index in [1.807, 2.05) is 19.9 Å². The smallest absolute Gasteiger partial charge is 0.356 e. The summed E-state index contributed by atoms with van der Waals surface area (Å²) in [7, 11) is 0. The molecule has 2 saturated heterocycles. The fraction of sp³-hybridized carbons (Fsp3) is 0.783. The van der Waals surface area contributed by atoms with Crippen LogP contribution in [0.3, 0.4) is 0 Å². The molecule has 4 amide bonds. The summed E-state index contributed by atoms with van der Waals surface area (Å²) < 4.78 is 38.8. The first-order valence-corrected chi connectivity index (χ1v) is 11.6. The molecule has 196 valence electrons. The van der Waals surface area contributed by atoms with Gasteiger partial charge in [0.05, 0.1) is 6.07 Å². The Morgan fingerprint density at radius 2 is 1.86 bits per heavy atom. The van der Waals surface area contributed by atoms with Crippen molar-refractivity contribution >= 4 is 23.6 Å². The van der Waals surface area contributed by atoms with E-state index in [-0.39, 0.29) is 30.7 Å². The lowest BCUT2D eigenvalue weighted by Crippen LogP contribution is -2.63. The van der Waals surface area contributed by atoms with E-state index in [0.29, 0.717) is 19.4 Å². The number of alkyl halides is 3. The summed E-state index contributed by atoms with van der Waals surface area (Å²) in [5.74, 6) is -4.25. The summed E-state index contributed by atoms with van der Waals surface area (Å²) in [6.07, 6.45) is -3.80. The number of nitrogens with zero attached hydrogens (tertiary/aromatic N) is 2. The van der Waals surface area contributed by atoms with Gasteiger partial charge in [0.15, 0.2) is 0 Å². The molecule has 2 fully saturated rings. The van der Waals surface area contributed by atoms with Gasteiger partial charge in [0.2, 0.25) is 17.7 Å². The number of nitrogens with one attached hydrogen (secondary N) is 3. The molecule has 2 aliphatic rings. The lowest BCUT2D eigenvalue weighted by Gasteiger charge is -2.45. The highest BCUT2D eigenvalue weighted by Gasteiger charge is 2.48. The summed E-state index contributed by atoms with van der Waals surface area (Å²) in [6.45, 7) is 8.97. The Kier molecular flexibility index (Phi) is 8.45. The average molecular weight is 502 g/mol. The van der Waals surface area contributed by atoms with E-state index in [1.54, 1.807) is 5.32 Å². The second-order valence-electron chi connectivity index (χ2n) is 11.1. The number of likely N-dealkylation sites (tertiary alicyclic amines) is 1. The molecule has 2 aliphatic heterocycles. The van der Waals surface area contributed by atoms with Gasteiger partial charge in [0.25, 0.3) is 0 Å². The number of carbonyl (C=O) groups excluding carboxylic acids is 4. The van der Waals surface area contributed by atoms with Crippen molar-refractivity contribution in [2.45, 2.75) is 84.6 Å². The largest absolute Gasteiger partial charge is 0.471 e. The highest BCUT2D eigenvalue weighted by Crippen LogP contribution is 2.35. The van der Waals surface area contributed by atoms with Gasteiger partial charge in [-0.3, -0.25) is 19.2 Å². The molecule has 0 saturated carbocycles. The quantitative estimate of drug-likeness (QED) is 0.509. The molecule has 0 aromatic carbocycles. The molecule has 2 rings (SSSR count). The molecule has 35 heavy (non-hydrogen) atoms. The van der Waals surface area contributed by atoms with E-state index in [1.165, 1.54) is 25.7 Å². The lowest BCUT2D eigenvalue weighted by molar-refractivity contribution is -0.176. The van der Waals surface area contributed by atoms with E-state index in [2.05, 4.69) is 10.6 Å². The van der Waals surface area contributed by atoms with E-state index >= 15 is 0 Å². The van der Waals surface area contributed by atoms with Gasteiger partial charge in [0, 0.05) is 19.0 Å². The molecule has 0 aliphatic carbocycles. The molecule has 3 N–H and O–H groups in total. The summed E-state index contributed by atoms with van der Waals surface area (Å²) in [4.78, 5) is 51.4. The Balaban J connectivity index is 2.26. The zero-order valence-corrected chi connectivity index (χ0v) is 20.7. The Morgan fingerprint density at radius 1 is 1.23 bits per heavy atom. The second kappa shape index (κ2) is 10.4. The summed E-state index contributed by atoms with van der Waals surface area (Å²) in [5, 5.41) is 16.6. The monoisotopic (exact) mass is 501 g/mol. The van der Waals surface area contributed by atoms with Crippen LogP contribution in [-0.2, 0) is 19.2 Å². The van der Waals surface area contributed by atoms with Crippen LogP contribution in [0, 0.1) is 28.1 Å². The topological polar surface area (TPSA) is 131 Å². The van der Waals surface area contributed by atoms with Crippen molar-refractivity contribution in [1.29, 1.82) is 5.26 Å². The Morgan fingerprint density at radius 3 is 2.34 bits per heavy atom. The molecular weight excluding hydrogens is 467 g/mol. The average Bonchev–Trinajstić information content (AvgIpc) is 3.12. The summed E-state index contributed by atoms with van der Waals surface area (Å²) >= 11 is 0. The van der Waals surface area contributed by atoms with Crippen LogP contribution in [0.25, 0.3) is 0 Å². The fourth-order valence-corrected chi connectivity index (χ4v) is 4.41. The van der Waals surface area contributed by atoms with Crippen LogP contribution >= 0.6 is 0 Å². The van der Waals surface area contributed by atoms with Crippen LogP contribution in [-0.4, -0.2) is 65.9 Å². The second-order valence-corrected chi connectivity index (χ2v) is 11.1. The molecule has 0 unspecified atom stereocenters. The minimum absolute atomic E-state index is 0.0979. The van der Waals surface area contributed by atoms with Crippen LogP contribution in [0.2, 0.25) is 0 Å². The molecule has 4 atom stereocenters. The van der Waals surface area contributed by atoms with E-state index in [9.17, 15) is 37.6 Å². The molecule has 0 spiro atoms. The van der Waals surface area contributed by atoms with Crippen LogP contribution in [0.1, 0.15) is 60.3 Å². The van der Waals surface area contributed by atoms with Crippen molar-refractivity contribution in [1.82, 2.24) is 20.9 Å². The number of halogens is 3. The fourth-order valence-electron chi connectivity index (χ4n) is 4.41. The number of amides is 4. The predicted octanol–water partition coefficient (Wildman–Crippen LogP) is 1.63. The zero-order valence-electron chi connectivity index (χ0n) is 20.7. The van der Waals surface area contributed by atoms with Gasteiger partial charge in [-0.2, -0.15) is 18.4 Å². The first-order chi connectivity index (χ1) is 16.0. The Bertz CT molecular complexity index is 891. The molecule has 0 aromatic heterocycles. The van der Waals surface area contributed by atoms with Crippen molar-refractivity contribution in [3.63, 3.8) is 0 Å². The molecule has 0 bridgehead atoms. The normalized spacial score (nSPS) is 24.1. The van der Waals surface area contributed by atoms with Gasteiger partial charge in [-0.15, -0.1) is 0 Å². The molecular formula is C23H34F3N5O4. The highest BCUT2D eigenvalue weighted by atomic mass is 19.4. The predicted molar refractivity (Wildman–Crippen MR) is 119 cm³/mol. The summed E-state index contributed by atoms with van der Waals surface area (Å²) in [6, 6.07) is -1.57. The third-order valence-corrected chi connectivity index (χ3v) is 6.54. The van der Waals surface area contributed by atoms with Crippen LogP contribution in [0.5, 0.6) is 0 Å². The highest BCUT2D eigenvalue weighted by molar-refractivity contribution is 5.94. The third-order valence-electron chi connectivity index (χ3n) is 6.54. The number of hydrogen-bond acceptors (Lipinski definition) is 5. The number of nitriles is 1. The van der Waals surface area contributed by atoms with Gasteiger partial charge in [0.1, 0.15) is 18.1 Å². The van der Waals surface area contributed by atoms with Crippen molar-refractivity contribution in [3.05, 3.63) is 0 Å².